The van der Waals surface area contributed by atoms with Crippen molar-refractivity contribution in [3.8, 4) is 11.5 Å². The van der Waals surface area contributed by atoms with Gasteiger partial charge in [-0.05, 0) is 48.0 Å². The lowest BCUT2D eigenvalue weighted by Gasteiger charge is -2.15. The van der Waals surface area contributed by atoms with Gasteiger partial charge in [-0.3, -0.25) is 4.79 Å². The summed E-state index contributed by atoms with van der Waals surface area (Å²) in [7, 11) is 0. The fourth-order valence-corrected chi connectivity index (χ4v) is 3.81. The molecule has 1 aliphatic heterocycles. The Morgan fingerprint density at radius 2 is 1.81 bits per heavy atom. The summed E-state index contributed by atoms with van der Waals surface area (Å²) in [6.45, 7) is 0.550. The number of carbonyl (C=O) groups is 1. The molecule has 0 saturated carbocycles. The summed E-state index contributed by atoms with van der Waals surface area (Å²) < 4.78 is 5.84. The minimum Gasteiger partial charge on any atom is -0.436 e. The molecule has 1 amide bonds. The Morgan fingerprint density at radius 3 is 2.63 bits per heavy atom. The van der Waals surface area contributed by atoms with Crippen LogP contribution in [0.2, 0.25) is 10.0 Å². The number of hydrogen-bond donors (Lipinski definition) is 0. The maximum atomic E-state index is 12.7. The van der Waals surface area contributed by atoms with Gasteiger partial charge in [-0.25, -0.2) is 4.98 Å². The minimum atomic E-state index is -0.00517. The van der Waals surface area contributed by atoms with Gasteiger partial charge in [-0.2, -0.15) is 0 Å². The fourth-order valence-electron chi connectivity index (χ4n) is 3.32. The van der Waals surface area contributed by atoms with Crippen molar-refractivity contribution >= 4 is 45.9 Å². The largest absolute Gasteiger partial charge is 0.436 e. The van der Waals surface area contributed by atoms with E-state index in [1.54, 1.807) is 23.1 Å². The number of oxazole rings is 1. The quantitative estimate of drug-likeness (QED) is 0.421. The summed E-state index contributed by atoms with van der Waals surface area (Å²) in [4.78, 5) is 19.0. The van der Waals surface area contributed by atoms with E-state index in [1.807, 2.05) is 42.5 Å². The van der Waals surface area contributed by atoms with E-state index in [4.69, 9.17) is 27.6 Å². The van der Waals surface area contributed by atoms with Crippen molar-refractivity contribution in [2.45, 2.75) is 6.54 Å². The van der Waals surface area contributed by atoms with E-state index >= 15 is 0 Å². The van der Waals surface area contributed by atoms with Gasteiger partial charge in [0, 0.05) is 16.3 Å². The highest BCUT2D eigenvalue weighted by Crippen LogP contribution is 2.34. The van der Waals surface area contributed by atoms with Gasteiger partial charge in [-0.1, -0.05) is 41.4 Å². The number of nitrogens with zero attached hydrogens (tertiary/aromatic N) is 2. The summed E-state index contributed by atoms with van der Waals surface area (Å²) in [6.07, 6.45) is 0. The molecule has 4 aromatic rings. The number of anilines is 1. The molecule has 2 heterocycles. The van der Waals surface area contributed by atoms with E-state index in [-0.39, 0.29) is 5.91 Å². The lowest BCUT2D eigenvalue weighted by atomic mass is 10.1. The van der Waals surface area contributed by atoms with Gasteiger partial charge >= 0.3 is 0 Å². The molecule has 0 atom stereocenters. The van der Waals surface area contributed by atoms with Crippen LogP contribution in [0.1, 0.15) is 15.9 Å². The molecule has 0 unspecified atom stereocenters. The van der Waals surface area contributed by atoms with Crippen LogP contribution in [0.15, 0.2) is 65.1 Å². The molecule has 0 saturated heterocycles. The Labute approximate surface area is 164 Å². The summed E-state index contributed by atoms with van der Waals surface area (Å²) in [5, 5.41) is 1.02. The normalized spacial score (nSPS) is 13.4. The monoisotopic (exact) mass is 394 g/mol. The predicted molar refractivity (Wildman–Crippen MR) is 106 cm³/mol. The Hall–Kier alpha value is -2.82. The Kier molecular flexibility index (Phi) is 3.71. The zero-order valence-electron chi connectivity index (χ0n) is 13.9. The molecule has 1 aliphatic rings. The van der Waals surface area contributed by atoms with E-state index in [0.29, 0.717) is 39.1 Å². The molecule has 0 aliphatic carbocycles. The highest BCUT2D eigenvalue weighted by molar-refractivity contribution is 6.36. The molecule has 0 radical (unpaired) electrons. The van der Waals surface area contributed by atoms with Crippen LogP contribution in [0, 0.1) is 0 Å². The average molecular weight is 395 g/mol. The second kappa shape index (κ2) is 6.12. The first kappa shape index (κ1) is 16.4. The summed E-state index contributed by atoms with van der Waals surface area (Å²) in [5.74, 6) is 0.411. The number of amides is 1. The number of rotatable bonds is 2. The summed E-state index contributed by atoms with van der Waals surface area (Å²) >= 11 is 12.2. The lowest BCUT2D eigenvalue weighted by molar-refractivity contribution is 0.0996. The van der Waals surface area contributed by atoms with Crippen LogP contribution in [0.25, 0.3) is 22.6 Å². The SMILES string of the molecule is O=C1c2ccccc2CN1c1ccc2oc(-c3ccc(Cl)cc3Cl)nc2c1. The number of benzene rings is 3. The zero-order valence-corrected chi connectivity index (χ0v) is 15.5. The molecule has 4 nitrogen and oxygen atoms in total. The van der Waals surface area contributed by atoms with Crippen LogP contribution in [0.4, 0.5) is 5.69 Å². The number of fused-ring (bicyclic) bond motifs is 2. The number of hydrogen-bond acceptors (Lipinski definition) is 3. The third-order valence-corrected chi connectivity index (χ3v) is 5.21. The van der Waals surface area contributed by atoms with E-state index in [2.05, 4.69) is 4.98 Å². The second-order valence-electron chi connectivity index (χ2n) is 6.34. The molecule has 0 bridgehead atoms. The van der Waals surface area contributed by atoms with Gasteiger partial charge in [0.1, 0.15) is 5.52 Å². The lowest BCUT2D eigenvalue weighted by Crippen LogP contribution is -2.22. The van der Waals surface area contributed by atoms with Gasteiger partial charge in [-0.15, -0.1) is 0 Å². The molecular formula is C21H12Cl2N2O2. The van der Waals surface area contributed by atoms with Crippen molar-refractivity contribution in [2.24, 2.45) is 0 Å². The van der Waals surface area contributed by atoms with Gasteiger partial charge in [0.25, 0.3) is 5.91 Å². The van der Waals surface area contributed by atoms with Gasteiger partial charge < -0.3 is 9.32 Å². The highest BCUT2D eigenvalue weighted by atomic mass is 35.5. The topological polar surface area (TPSA) is 46.3 Å². The van der Waals surface area contributed by atoms with Crippen molar-refractivity contribution in [1.29, 1.82) is 0 Å². The fraction of sp³-hybridized carbons (Fsp3) is 0.0476. The van der Waals surface area contributed by atoms with Crippen LogP contribution in [0.5, 0.6) is 0 Å². The van der Waals surface area contributed by atoms with E-state index < -0.39 is 0 Å². The van der Waals surface area contributed by atoms with Crippen molar-refractivity contribution in [1.82, 2.24) is 4.98 Å². The van der Waals surface area contributed by atoms with Gasteiger partial charge in [0.2, 0.25) is 5.89 Å². The first-order chi connectivity index (χ1) is 13.1. The molecule has 6 heteroatoms. The molecule has 3 aromatic carbocycles. The third-order valence-electron chi connectivity index (χ3n) is 4.67. The molecule has 0 spiro atoms. The molecule has 132 valence electrons. The minimum absolute atomic E-state index is 0.00517. The average Bonchev–Trinajstić information content (AvgIpc) is 3.22. The Bertz CT molecular complexity index is 1220. The first-order valence-electron chi connectivity index (χ1n) is 8.36. The highest BCUT2D eigenvalue weighted by Gasteiger charge is 2.28. The summed E-state index contributed by atoms with van der Waals surface area (Å²) in [5.41, 5.74) is 4.51. The van der Waals surface area contributed by atoms with Crippen LogP contribution in [-0.2, 0) is 6.54 Å². The van der Waals surface area contributed by atoms with Crippen LogP contribution < -0.4 is 4.90 Å². The zero-order chi connectivity index (χ0) is 18.5. The smallest absolute Gasteiger partial charge is 0.258 e. The molecular weight excluding hydrogens is 383 g/mol. The van der Waals surface area contributed by atoms with Crippen molar-refractivity contribution in [3.63, 3.8) is 0 Å². The molecule has 5 rings (SSSR count). The standard InChI is InChI=1S/C21H12Cl2N2O2/c22-13-5-7-16(17(23)9-13)20-24-18-10-14(6-8-19(18)27-20)25-11-12-3-1-2-4-15(12)21(25)26/h1-10H,11H2. The van der Waals surface area contributed by atoms with Crippen molar-refractivity contribution in [3.05, 3.63) is 81.8 Å². The van der Waals surface area contributed by atoms with E-state index in [0.717, 1.165) is 16.8 Å². The molecule has 0 N–H and O–H groups in total. The maximum absolute atomic E-state index is 12.7. The molecule has 1 aromatic heterocycles. The van der Waals surface area contributed by atoms with Gasteiger partial charge in [0.15, 0.2) is 5.58 Å². The van der Waals surface area contributed by atoms with Gasteiger partial charge in [0.05, 0.1) is 17.1 Å². The predicted octanol–water partition coefficient (Wildman–Crippen LogP) is 5.96. The molecule has 0 fully saturated rings. The van der Waals surface area contributed by atoms with Crippen LogP contribution in [0.3, 0.4) is 0 Å². The van der Waals surface area contributed by atoms with Crippen LogP contribution in [-0.4, -0.2) is 10.9 Å². The van der Waals surface area contributed by atoms with Crippen LogP contribution >= 0.6 is 23.2 Å². The number of carbonyl (C=O) groups excluding carboxylic acids is 1. The van der Waals surface area contributed by atoms with E-state index in [9.17, 15) is 4.79 Å². The number of aromatic nitrogens is 1. The second-order valence-corrected chi connectivity index (χ2v) is 7.19. The third kappa shape index (κ3) is 2.69. The Balaban J connectivity index is 1.54. The maximum Gasteiger partial charge on any atom is 0.258 e. The number of halogens is 2. The van der Waals surface area contributed by atoms with Crippen molar-refractivity contribution < 1.29 is 9.21 Å². The van der Waals surface area contributed by atoms with E-state index in [1.165, 1.54) is 0 Å². The van der Waals surface area contributed by atoms with Crippen molar-refractivity contribution in [2.75, 3.05) is 4.90 Å². The first-order valence-corrected chi connectivity index (χ1v) is 9.11. The Morgan fingerprint density at radius 1 is 0.963 bits per heavy atom. The molecule has 27 heavy (non-hydrogen) atoms. The summed E-state index contributed by atoms with van der Waals surface area (Å²) in [6, 6.07) is 18.4.